The minimum Gasteiger partial charge on any atom is -0.464 e. The van der Waals surface area contributed by atoms with Gasteiger partial charge in [0.15, 0.2) is 0 Å². The van der Waals surface area contributed by atoms with Gasteiger partial charge in [0.05, 0.1) is 17.6 Å². The third-order valence-electron chi connectivity index (χ3n) is 4.08. The van der Waals surface area contributed by atoms with Crippen LogP contribution in [0.4, 0.5) is 5.95 Å². The summed E-state index contributed by atoms with van der Waals surface area (Å²) in [5.41, 5.74) is 2.05. The van der Waals surface area contributed by atoms with E-state index in [1.807, 2.05) is 32.2 Å². The predicted octanol–water partition coefficient (Wildman–Crippen LogP) is 2.50. The second-order valence-corrected chi connectivity index (χ2v) is 5.42. The van der Waals surface area contributed by atoms with E-state index < -0.39 is 0 Å². The van der Waals surface area contributed by atoms with Crippen LogP contribution in [-0.4, -0.2) is 34.7 Å². The summed E-state index contributed by atoms with van der Waals surface area (Å²) in [6.45, 7) is 3.12. The highest BCUT2D eigenvalue weighted by Gasteiger charge is 2.32. The van der Waals surface area contributed by atoms with Gasteiger partial charge in [0.2, 0.25) is 5.95 Å². The maximum atomic E-state index is 12.2. The molecule has 3 rings (SSSR count). The SMILES string of the molecule is CCOC(=O)C1CCCCN1c1nc2ccccc2n1C. The lowest BCUT2D eigenvalue weighted by Crippen LogP contribution is -2.46. The number of esters is 1. The first-order valence-corrected chi connectivity index (χ1v) is 7.57. The molecule has 2 aromatic rings. The topological polar surface area (TPSA) is 47.4 Å². The fourth-order valence-electron chi connectivity index (χ4n) is 3.04. The van der Waals surface area contributed by atoms with Crippen LogP contribution < -0.4 is 4.90 Å². The monoisotopic (exact) mass is 287 g/mol. The molecule has 0 aliphatic carbocycles. The fourth-order valence-corrected chi connectivity index (χ4v) is 3.04. The molecular weight excluding hydrogens is 266 g/mol. The number of aryl methyl sites for hydroxylation is 1. The quantitative estimate of drug-likeness (QED) is 0.814. The summed E-state index contributed by atoms with van der Waals surface area (Å²) >= 11 is 0. The Kier molecular flexibility index (Phi) is 3.82. The van der Waals surface area contributed by atoms with Gasteiger partial charge in [-0.1, -0.05) is 12.1 Å². The van der Waals surface area contributed by atoms with Gasteiger partial charge in [-0.2, -0.15) is 0 Å². The summed E-state index contributed by atoms with van der Waals surface area (Å²) in [4.78, 5) is 19.0. The molecule has 1 aliphatic rings. The number of carbonyl (C=O) groups is 1. The molecule has 5 nitrogen and oxygen atoms in total. The van der Waals surface area contributed by atoms with E-state index >= 15 is 0 Å². The largest absolute Gasteiger partial charge is 0.464 e. The van der Waals surface area contributed by atoms with Gasteiger partial charge < -0.3 is 14.2 Å². The number of anilines is 1. The average molecular weight is 287 g/mol. The lowest BCUT2D eigenvalue weighted by atomic mass is 10.0. The molecule has 0 saturated carbocycles. The summed E-state index contributed by atoms with van der Waals surface area (Å²) in [7, 11) is 2.00. The number of carbonyl (C=O) groups excluding carboxylic acids is 1. The fraction of sp³-hybridized carbons (Fsp3) is 0.500. The maximum absolute atomic E-state index is 12.2. The molecule has 0 spiro atoms. The molecule has 1 atom stereocenters. The van der Waals surface area contributed by atoms with Crippen LogP contribution in [0, 0.1) is 0 Å². The van der Waals surface area contributed by atoms with E-state index in [9.17, 15) is 4.79 Å². The van der Waals surface area contributed by atoms with Gasteiger partial charge in [-0.15, -0.1) is 0 Å². The molecule has 1 saturated heterocycles. The Balaban J connectivity index is 1.98. The van der Waals surface area contributed by atoms with Crippen LogP contribution in [0.1, 0.15) is 26.2 Å². The zero-order valence-corrected chi connectivity index (χ0v) is 12.6. The van der Waals surface area contributed by atoms with Crippen molar-refractivity contribution in [1.82, 2.24) is 9.55 Å². The minimum absolute atomic E-state index is 0.135. The van der Waals surface area contributed by atoms with Crippen LogP contribution in [0.3, 0.4) is 0 Å². The number of piperidine rings is 1. The normalized spacial score (nSPS) is 19.0. The van der Waals surface area contributed by atoms with Crippen molar-refractivity contribution in [3.63, 3.8) is 0 Å². The van der Waals surface area contributed by atoms with Crippen LogP contribution >= 0.6 is 0 Å². The standard InChI is InChI=1S/C16H21N3O2/c1-3-21-15(20)14-10-6-7-11-19(14)16-17-12-8-4-5-9-13(12)18(16)2/h4-5,8-9,14H,3,6-7,10-11H2,1-2H3. The highest BCUT2D eigenvalue weighted by Crippen LogP contribution is 2.27. The number of hydrogen-bond acceptors (Lipinski definition) is 4. The molecule has 0 radical (unpaired) electrons. The lowest BCUT2D eigenvalue weighted by Gasteiger charge is -2.34. The van der Waals surface area contributed by atoms with Crippen LogP contribution in [0.2, 0.25) is 0 Å². The summed E-state index contributed by atoms with van der Waals surface area (Å²) in [5, 5.41) is 0. The molecular formula is C16H21N3O2. The zero-order chi connectivity index (χ0) is 14.8. The Labute approximate surface area is 124 Å². The van der Waals surface area contributed by atoms with Crippen molar-refractivity contribution in [1.29, 1.82) is 0 Å². The molecule has 1 unspecified atom stereocenters. The van der Waals surface area contributed by atoms with Gasteiger partial charge in [0.25, 0.3) is 0 Å². The highest BCUT2D eigenvalue weighted by atomic mass is 16.5. The number of rotatable bonds is 3. The average Bonchev–Trinajstić information content (AvgIpc) is 2.85. The van der Waals surface area contributed by atoms with Gasteiger partial charge in [-0.25, -0.2) is 9.78 Å². The summed E-state index contributed by atoms with van der Waals surface area (Å²) in [6.07, 6.45) is 2.98. The number of benzene rings is 1. The number of ether oxygens (including phenoxy) is 1. The molecule has 2 heterocycles. The van der Waals surface area contributed by atoms with E-state index in [1.54, 1.807) is 0 Å². The molecule has 112 valence electrons. The maximum Gasteiger partial charge on any atom is 0.328 e. The van der Waals surface area contributed by atoms with Crippen molar-refractivity contribution in [2.45, 2.75) is 32.2 Å². The highest BCUT2D eigenvalue weighted by molar-refractivity contribution is 5.82. The summed E-state index contributed by atoms with van der Waals surface area (Å²) < 4.78 is 7.29. The van der Waals surface area contributed by atoms with Gasteiger partial charge in [-0.3, -0.25) is 0 Å². The van der Waals surface area contributed by atoms with E-state index in [1.165, 1.54) is 0 Å². The molecule has 0 bridgehead atoms. The number of nitrogens with zero attached hydrogens (tertiary/aromatic N) is 3. The Morgan fingerprint density at radius 1 is 1.38 bits per heavy atom. The van der Waals surface area contributed by atoms with Crippen LogP contribution in [0.5, 0.6) is 0 Å². The first kappa shape index (κ1) is 13.9. The van der Waals surface area contributed by atoms with Crippen LogP contribution in [-0.2, 0) is 16.6 Å². The third-order valence-corrected chi connectivity index (χ3v) is 4.08. The Morgan fingerprint density at radius 3 is 2.95 bits per heavy atom. The van der Waals surface area contributed by atoms with Gasteiger partial charge in [0, 0.05) is 13.6 Å². The molecule has 1 aliphatic heterocycles. The summed E-state index contributed by atoms with van der Waals surface area (Å²) in [5.74, 6) is 0.721. The van der Waals surface area contributed by atoms with E-state index in [0.717, 1.165) is 42.8 Å². The second-order valence-electron chi connectivity index (χ2n) is 5.42. The molecule has 1 aromatic heterocycles. The molecule has 1 aromatic carbocycles. The molecule has 21 heavy (non-hydrogen) atoms. The van der Waals surface area contributed by atoms with Crippen molar-refractivity contribution in [2.75, 3.05) is 18.1 Å². The van der Waals surface area contributed by atoms with Crippen molar-refractivity contribution in [2.24, 2.45) is 7.05 Å². The van der Waals surface area contributed by atoms with E-state index in [0.29, 0.717) is 6.61 Å². The first-order valence-electron chi connectivity index (χ1n) is 7.57. The Bertz CT molecular complexity index is 650. The Morgan fingerprint density at radius 2 is 2.19 bits per heavy atom. The van der Waals surface area contributed by atoms with Gasteiger partial charge >= 0.3 is 5.97 Å². The van der Waals surface area contributed by atoms with E-state index in [2.05, 4.69) is 15.5 Å². The number of para-hydroxylation sites is 2. The Hall–Kier alpha value is -2.04. The van der Waals surface area contributed by atoms with Crippen molar-refractivity contribution >= 4 is 23.0 Å². The van der Waals surface area contributed by atoms with E-state index in [-0.39, 0.29) is 12.0 Å². The number of imidazole rings is 1. The lowest BCUT2D eigenvalue weighted by molar-refractivity contribution is -0.145. The number of hydrogen-bond donors (Lipinski definition) is 0. The molecule has 0 N–H and O–H groups in total. The predicted molar refractivity (Wildman–Crippen MR) is 82.3 cm³/mol. The second kappa shape index (κ2) is 5.76. The molecule has 5 heteroatoms. The van der Waals surface area contributed by atoms with Gasteiger partial charge in [0.1, 0.15) is 6.04 Å². The minimum atomic E-state index is -0.214. The molecule has 0 amide bonds. The number of fused-ring (bicyclic) bond motifs is 1. The molecule has 1 fully saturated rings. The summed E-state index contributed by atoms with van der Waals surface area (Å²) in [6, 6.07) is 7.83. The smallest absolute Gasteiger partial charge is 0.328 e. The van der Waals surface area contributed by atoms with Crippen molar-refractivity contribution in [3.05, 3.63) is 24.3 Å². The van der Waals surface area contributed by atoms with Gasteiger partial charge in [-0.05, 0) is 38.3 Å². The first-order chi connectivity index (χ1) is 10.2. The van der Waals surface area contributed by atoms with Crippen LogP contribution in [0.25, 0.3) is 11.0 Å². The third kappa shape index (κ3) is 2.48. The van der Waals surface area contributed by atoms with Crippen molar-refractivity contribution in [3.8, 4) is 0 Å². The van der Waals surface area contributed by atoms with E-state index in [4.69, 9.17) is 9.72 Å². The van der Waals surface area contributed by atoms with Crippen LogP contribution in [0.15, 0.2) is 24.3 Å². The zero-order valence-electron chi connectivity index (χ0n) is 12.6. The number of aromatic nitrogens is 2. The van der Waals surface area contributed by atoms with Crippen molar-refractivity contribution < 1.29 is 9.53 Å².